The molecule has 0 radical (unpaired) electrons. The van der Waals surface area contributed by atoms with Crippen LogP contribution in [0.2, 0.25) is 0 Å². The molecule has 0 saturated heterocycles. The van der Waals surface area contributed by atoms with E-state index in [4.69, 9.17) is 9.47 Å². The smallest absolute Gasteiger partial charge is 0.341 e. The summed E-state index contributed by atoms with van der Waals surface area (Å²) in [6.07, 6.45) is 1.61. The number of aliphatic hydroxyl groups is 1. The van der Waals surface area contributed by atoms with Crippen molar-refractivity contribution >= 4 is 5.97 Å². The minimum atomic E-state index is -1.23. The lowest BCUT2D eigenvalue weighted by Crippen LogP contribution is -2.21. The molecule has 0 unspecified atom stereocenters. The molecule has 0 amide bonds. The van der Waals surface area contributed by atoms with Crippen molar-refractivity contribution in [3.63, 3.8) is 0 Å². The number of carbonyl (C=O) groups excluding carboxylic acids is 1. The molecule has 152 valence electrons. The van der Waals surface area contributed by atoms with E-state index in [0.29, 0.717) is 12.2 Å². The molecule has 0 fully saturated rings. The number of hydrogen-bond acceptors (Lipinski definition) is 5. The second-order valence-electron chi connectivity index (χ2n) is 5.72. The fraction of sp³-hybridized carbons (Fsp3) is 0.524. The van der Waals surface area contributed by atoms with Crippen molar-refractivity contribution in [1.29, 1.82) is 0 Å². The SMILES string of the molecule is CC.CC.CCOC(=O)c1cn(Cc2ccc(OC)cc2)nc1C(C)(C)O. The van der Waals surface area contributed by atoms with Crippen LogP contribution in [0.3, 0.4) is 0 Å². The largest absolute Gasteiger partial charge is 0.497 e. The normalized spacial score (nSPS) is 10.1. The third-order valence-corrected chi connectivity index (χ3v) is 3.34. The van der Waals surface area contributed by atoms with Gasteiger partial charge in [0, 0.05) is 6.20 Å². The van der Waals surface area contributed by atoms with Crippen molar-refractivity contribution < 1.29 is 19.4 Å². The molecule has 0 saturated carbocycles. The van der Waals surface area contributed by atoms with Gasteiger partial charge in [-0.3, -0.25) is 4.68 Å². The fourth-order valence-corrected chi connectivity index (χ4v) is 2.23. The lowest BCUT2D eigenvalue weighted by atomic mass is 10.0. The first-order valence-corrected chi connectivity index (χ1v) is 9.45. The van der Waals surface area contributed by atoms with Gasteiger partial charge in [-0.1, -0.05) is 39.8 Å². The molecule has 1 aromatic heterocycles. The molecule has 27 heavy (non-hydrogen) atoms. The van der Waals surface area contributed by atoms with Gasteiger partial charge < -0.3 is 14.6 Å². The summed E-state index contributed by atoms with van der Waals surface area (Å²) in [5.74, 6) is 0.296. The fourth-order valence-electron chi connectivity index (χ4n) is 2.23. The van der Waals surface area contributed by atoms with E-state index >= 15 is 0 Å². The zero-order valence-corrected chi connectivity index (χ0v) is 17.9. The molecule has 0 bridgehead atoms. The zero-order valence-electron chi connectivity index (χ0n) is 17.9. The minimum absolute atomic E-state index is 0.272. The maximum absolute atomic E-state index is 12.1. The van der Waals surface area contributed by atoms with Crippen LogP contribution in [0.1, 0.15) is 70.1 Å². The van der Waals surface area contributed by atoms with Gasteiger partial charge >= 0.3 is 5.97 Å². The standard InChI is InChI=1S/C17H22N2O4.2C2H6/c1-5-23-16(20)14-11-19(18-15(14)17(2,3)21)10-12-6-8-13(22-4)9-7-12;2*1-2/h6-9,11,21H,5,10H2,1-4H3;2*1-2H3. The topological polar surface area (TPSA) is 73.6 Å². The minimum Gasteiger partial charge on any atom is -0.497 e. The molecule has 1 N–H and O–H groups in total. The summed E-state index contributed by atoms with van der Waals surface area (Å²) in [7, 11) is 1.61. The van der Waals surface area contributed by atoms with Crippen LogP contribution in [-0.2, 0) is 16.9 Å². The van der Waals surface area contributed by atoms with E-state index in [1.54, 1.807) is 38.8 Å². The molecule has 6 nitrogen and oxygen atoms in total. The van der Waals surface area contributed by atoms with E-state index in [2.05, 4.69) is 5.10 Å². The quantitative estimate of drug-likeness (QED) is 0.754. The summed E-state index contributed by atoms with van der Waals surface area (Å²) in [6, 6.07) is 7.58. The zero-order chi connectivity index (χ0) is 21.0. The van der Waals surface area contributed by atoms with Gasteiger partial charge in [0.25, 0.3) is 0 Å². The van der Waals surface area contributed by atoms with Crippen LogP contribution in [-0.4, -0.2) is 34.6 Å². The number of aromatic nitrogens is 2. The molecule has 2 rings (SSSR count). The van der Waals surface area contributed by atoms with Crippen LogP contribution >= 0.6 is 0 Å². The molecular weight excluding hydrogens is 344 g/mol. The molecular formula is C21H34N2O4. The Hall–Kier alpha value is -2.34. The molecule has 0 atom stereocenters. The van der Waals surface area contributed by atoms with Crippen LogP contribution in [0.15, 0.2) is 30.5 Å². The predicted octanol–water partition coefficient (Wildman–Crippen LogP) is 4.40. The Morgan fingerprint density at radius 3 is 2.15 bits per heavy atom. The third kappa shape index (κ3) is 7.43. The van der Waals surface area contributed by atoms with Crippen LogP contribution < -0.4 is 4.74 Å². The first kappa shape index (κ1) is 24.7. The maximum Gasteiger partial charge on any atom is 0.341 e. The number of carbonyl (C=O) groups is 1. The van der Waals surface area contributed by atoms with Gasteiger partial charge in [0.05, 0.1) is 20.3 Å². The van der Waals surface area contributed by atoms with Crippen LogP contribution in [0.4, 0.5) is 0 Å². The van der Waals surface area contributed by atoms with Gasteiger partial charge in [0.15, 0.2) is 0 Å². The predicted molar refractivity (Wildman–Crippen MR) is 108 cm³/mol. The summed E-state index contributed by atoms with van der Waals surface area (Å²) in [4.78, 5) is 12.1. The van der Waals surface area contributed by atoms with E-state index in [0.717, 1.165) is 11.3 Å². The Labute approximate surface area is 163 Å². The van der Waals surface area contributed by atoms with Crippen molar-refractivity contribution in [3.8, 4) is 5.75 Å². The molecule has 1 aromatic carbocycles. The Morgan fingerprint density at radius 1 is 1.15 bits per heavy atom. The van der Waals surface area contributed by atoms with Crippen molar-refractivity contribution in [2.75, 3.05) is 13.7 Å². The number of benzene rings is 1. The van der Waals surface area contributed by atoms with Crippen LogP contribution in [0.25, 0.3) is 0 Å². The van der Waals surface area contributed by atoms with E-state index in [-0.39, 0.29) is 12.2 Å². The Morgan fingerprint density at radius 2 is 1.70 bits per heavy atom. The molecule has 0 aliphatic carbocycles. The molecule has 1 heterocycles. The first-order chi connectivity index (χ1) is 12.8. The monoisotopic (exact) mass is 378 g/mol. The highest BCUT2D eigenvalue weighted by Crippen LogP contribution is 2.23. The number of rotatable bonds is 6. The first-order valence-electron chi connectivity index (χ1n) is 9.45. The second-order valence-corrected chi connectivity index (χ2v) is 5.72. The van der Waals surface area contributed by atoms with Crippen molar-refractivity contribution in [1.82, 2.24) is 9.78 Å². The number of ether oxygens (including phenoxy) is 2. The maximum atomic E-state index is 12.1. The average molecular weight is 379 g/mol. The Kier molecular flexibility index (Phi) is 11.1. The highest BCUT2D eigenvalue weighted by Gasteiger charge is 2.28. The molecule has 0 spiro atoms. The molecule has 6 heteroatoms. The highest BCUT2D eigenvalue weighted by molar-refractivity contribution is 5.90. The molecule has 0 aliphatic heterocycles. The van der Waals surface area contributed by atoms with Gasteiger partial charge in [0.2, 0.25) is 0 Å². The van der Waals surface area contributed by atoms with Crippen LogP contribution in [0, 0.1) is 0 Å². The van der Waals surface area contributed by atoms with E-state index in [1.165, 1.54) is 0 Å². The number of nitrogens with zero attached hydrogens (tertiary/aromatic N) is 2. The second kappa shape index (κ2) is 12.1. The molecule has 0 aliphatic rings. The number of esters is 1. The van der Waals surface area contributed by atoms with Gasteiger partial charge in [-0.05, 0) is 38.5 Å². The summed E-state index contributed by atoms with van der Waals surface area (Å²) in [6.45, 7) is 13.7. The van der Waals surface area contributed by atoms with Gasteiger partial charge in [-0.2, -0.15) is 5.10 Å². The number of methoxy groups -OCH3 is 1. The number of hydrogen-bond donors (Lipinski definition) is 1. The van der Waals surface area contributed by atoms with Crippen molar-refractivity contribution in [2.45, 2.75) is 60.6 Å². The lowest BCUT2D eigenvalue weighted by Gasteiger charge is -2.15. The summed E-state index contributed by atoms with van der Waals surface area (Å²) >= 11 is 0. The average Bonchev–Trinajstić information content (AvgIpc) is 3.10. The Bertz CT molecular complexity index is 670. The summed E-state index contributed by atoms with van der Waals surface area (Å²) in [5.41, 5.74) is 0.371. The van der Waals surface area contributed by atoms with Crippen LogP contribution in [0.5, 0.6) is 5.75 Å². The van der Waals surface area contributed by atoms with E-state index in [1.807, 2.05) is 52.0 Å². The van der Waals surface area contributed by atoms with Gasteiger partial charge in [0.1, 0.15) is 22.6 Å². The van der Waals surface area contributed by atoms with Gasteiger partial charge in [-0.15, -0.1) is 0 Å². The Balaban J connectivity index is 0.00000158. The third-order valence-electron chi connectivity index (χ3n) is 3.34. The van der Waals surface area contributed by atoms with Crippen molar-refractivity contribution in [3.05, 3.63) is 47.3 Å². The summed E-state index contributed by atoms with van der Waals surface area (Å²) in [5, 5.41) is 14.6. The van der Waals surface area contributed by atoms with E-state index in [9.17, 15) is 9.90 Å². The summed E-state index contributed by atoms with van der Waals surface area (Å²) < 4.78 is 11.8. The lowest BCUT2D eigenvalue weighted by molar-refractivity contribution is 0.0483. The highest BCUT2D eigenvalue weighted by atomic mass is 16.5. The van der Waals surface area contributed by atoms with Gasteiger partial charge in [-0.25, -0.2) is 4.79 Å². The molecule has 2 aromatic rings. The van der Waals surface area contributed by atoms with Crippen molar-refractivity contribution in [2.24, 2.45) is 0 Å². The van der Waals surface area contributed by atoms with E-state index < -0.39 is 11.6 Å².